The molecule has 4 aliphatic heterocycles. The quantitative estimate of drug-likeness (QED) is 0.832. The second-order valence-electron chi connectivity index (χ2n) is 6.59. The van der Waals surface area contributed by atoms with Gasteiger partial charge in [0.1, 0.15) is 0 Å². The first-order valence-electron chi connectivity index (χ1n) is 8.89. The summed E-state index contributed by atoms with van der Waals surface area (Å²) in [6, 6.07) is 4.83. The molecule has 5 nitrogen and oxygen atoms in total. The summed E-state index contributed by atoms with van der Waals surface area (Å²) >= 11 is 3.66. The van der Waals surface area contributed by atoms with Gasteiger partial charge in [-0.05, 0) is 73.4 Å². The van der Waals surface area contributed by atoms with Crippen LogP contribution >= 0.6 is 15.9 Å². The number of hydrogen-bond donors (Lipinski definition) is 1. The summed E-state index contributed by atoms with van der Waals surface area (Å²) in [5, 5.41) is 4.70. The van der Waals surface area contributed by atoms with E-state index in [0.29, 0.717) is 25.2 Å². The van der Waals surface area contributed by atoms with E-state index in [1.807, 2.05) is 13.8 Å². The summed E-state index contributed by atoms with van der Waals surface area (Å²) in [7, 11) is 0. The van der Waals surface area contributed by atoms with Crippen LogP contribution in [0.3, 0.4) is 0 Å². The third kappa shape index (κ3) is 2.60. The fourth-order valence-electron chi connectivity index (χ4n) is 4.23. The summed E-state index contributed by atoms with van der Waals surface area (Å²) in [4.78, 5) is 2.58. The Balaban J connectivity index is 1.67. The maximum atomic E-state index is 5.83. The van der Waals surface area contributed by atoms with Gasteiger partial charge in [0.15, 0.2) is 11.5 Å². The number of hydrazone groups is 1. The molecule has 0 amide bonds. The van der Waals surface area contributed by atoms with Crippen LogP contribution in [0.25, 0.3) is 0 Å². The molecule has 2 bridgehead atoms. The molecule has 1 N–H and O–H groups in total. The van der Waals surface area contributed by atoms with Crippen molar-refractivity contribution in [2.45, 2.75) is 38.8 Å². The van der Waals surface area contributed by atoms with Crippen molar-refractivity contribution >= 4 is 21.6 Å². The number of halogens is 1. The third-order valence-corrected chi connectivity index (χ3v) is 5.86. The van der Waals surface area contributed by atoms with Gasteiger partial charge >= 0.3 is 0 Å². The van der Waals surface area contributed by atoms with Crippen LogP contribution in [0.15, 0.2) is 21.7 Å². The van der Waals surface area contributed by atoms with Crippen LogP contribution in [-0.4, -0.2) is 43.0 Å². The van der Waals surface area contributed by atoms with Gasteiger partial charge in [0.2, 0.25) is 0 Å². The number of fused-ring (bicyclic) bond motifs is 2. The first-order chi connectivity index (χ1) is 11.7. The molecule has 1 aromatic carbocycles. The van der Waals surface area contributed by atoms with Crippen molar-refractivity contribution in [2.75, 3.05) is 26.3 Å². The number of hydrogen-bond acceptors (Lipinski definition) is 5. The van der Waals surface area contributed by atoms with Gasteiger partial charge in [-0.2, -0.15) is 5.10 Å². The van der Waals surface area contributed by atoms with Gasteiger partial charge in [-0.15, -0.1) is 0 Å². The smallest absolute Gasteiger partial charge is 0.175 e. The molecule has 130 valence electrons. The first kappa shape index (κ1) is 16.2. The van der Waals surface area contributed by atoms with E-state index in [0.717, 1.165) is 16.0 Å². The molecule has 0 spiro atoms. The molecule has 5 rings (SSSR count). The molecule has 4 aliphatic rings. The molecule has 2 atom stereocenters. The van der Waals surface area contributed by atoms with Gasteiger partial charge in [0.25, 0.3) is 0 Å². The monoisotopic (exact) mass is 393 g/mol. The molecule has 3 saturated heterocycles. The van der Waals surface area contributed by atoms with Crippen molar-refractivity contribution in [3.8, 4) is 11.5 Å². The Labute approximate surface area is 151 Å². The van der Waals surface area contributed by atoms with Crippen LogP contribution in [0.5, 0.6) is 11.5 Å². The van der Waals surface area contributed by atoms with Crippen LogP contribution < -0.4 is 14.9 Å². The van der Waals surface area contributed by atoms with Gasteiger partial charge in [-0.1, -0.05) is 0 Å². The fraction of sp³-hybridized carbons (Fsp3) is 0.611. The summed E-state index contributed by atoms with van der Waals surface area (Å²) < 4.78 is 12.5. The van der Waals surface area contributed by atoms with Crippen molar-refractivity contribution in [3.05, 3.63) is 22.2 Å². The Morgan fingerprint density at radius 3 is 2.67 bits per heavy atom. The predicted octanol–water partition coefficient (Wildman–Crippen LogP) is 3.34. The minimum absolute atomic E-state index is 0.189. The molecule has 0 aliphatic carbocycles. The van der Waals surface area contributed by atoms with Crippen molar-refractivity contribution in [3.63, 3.8) is 0 Å². The number of piperidine rings is 3. The summed E-state index contributed by atoms with van der Waals surface area (Å²) in [6.07, 6.45) is 2.50. The molecule has 24 heavy (non-hydrogen) atoms. The largest absolute Gasteiger partial charge is 0.490 e. The molecular weight excluding hydrogens is 370 g/mol. The number of rotatable bonds is 5. The maximum Gasteiger partial charge on any atom is 0.175 e. The van der Waals surface area contributed by atoms with Crippen molar-refractivity contribution < 1.29 is 9.47 Å². The fourth-order valence-corrected chi connectivity index (χ4v) is 4.80. The van der Waals surface area contributed by atoms with E-state index in [2.05, 4.69) is 38.4 Å². The highest BCUT2D eigenvalue weighted by atomic mass is 79.9. The predicted molar refractivity (Wildman–Crippen MR) is 97.9 cm³/mol. The van der Waals surface area contributed by atoms with Gasteiger partial charge in [-0.3, -0.25) is 4.90 Å². The van der Waals surface area contributed by atoms with Crippen molar-refractivity contribution in [2.24, 2.45) is 11.0 Å². The van der Waals surface area contributed by atoms with Crippen LogP contribution in [0.1, 0.15) is 38.3 Å². The van der Waals surface area contributed by atoms with Gasteiger partial charge in [0, 0.05) is 5.92 Å². The Hall–Kier alpha value is -1.27. The maximum absolute atomic E-state index is 5.83. The van der Waals surface area contributed by atoms with Gasteiger partial charge in [-0.25, -0.2) is 0 Å². The van der Waals surface area contributed by atoms with Crippen LogP contribution in [0.2, 0.25) is 0 Å². The standard InChI is InChI=1S/C18H24BrN3O2/c1-3-23-14-10-12(9-13(19)18(14)24-4-2)16-17-15(20-21-16)11-5-7-22(17)8-6-11/h9-11,16-17,21H,3-8H2,1-2H3. The Morgan fingerprint density at radius 1 is 1.21 bits per heavy atom. The zero-order chi connectivity index (χ0) is 16.7. The lowest BCUT2D eigenvalue weighted by atomic mass is 9.78. The van der Waals surface area contributed by atoms with Crippen LogP contribution in [0, 0.1) is 5.92 Å². The molecule has 2 unspecified atom stereocenters. The highest BCUT2D eigenvalue weighted by molar-refractivity contribution is 9.10. The number of benzene rings is 1. The minimum Gasteiger partial charge on any atom is -0.490 e. The van der Waals surface area contributed by atoms with E-state index >= 15 is 0 Å². The Kier molecular flexibility index (Phi) is 4.43. The molecule has 1 aromatic rings. The summed E-state index contributed by atoms with van der Waals surface area (Å²) in [6.45, 7) is 7.59. The Bertz CT molecular complexity index is 656. The van der Waals surface area contributed by atoms with E-state index in [1.165, 1.54) is 37.2 Å². The highest BCUT2D eigenvalue weighted by Gasteiger charge is 2.47. The number of nitrogens with zero attached hydrogens (tertiary/aromatic N) is 2. The summed E-state index contributed by atoms with van der Waals surface area (Å²) in [5.74, 6) is 2.25. The minimum atomic E-state index is 0.189. The number of ether oxygens (including phenoxy) is 2. The second-order valence-corrected chi connectivity index (χ2v) is 7.45. The summed E-state index contributed by atoms with van der Waals surface area (Å²) in [5.41, 5.74) is 5.94. The lowest BCUT2D eigenvalue weighted by Crippen LogP contribution is -2.56. The molecular formula is C18H24BrN3O2. The van der Waals surface area contributed by atoms with E-state index in [1.54, 1.807) is 0 Å². The molecule has 0 aromatic heterocycles. The molecule has 0 radical (unpaired) electrons. The molecule has 6 heteroatoms. The molecule has 0 saturated carbocycles. The first-order valence-corrected chi connectivity index (χ1v) is 9.68. The normalized spacial score (nSPS) is 30.5. The average Bonchev–Trinajstić information content (AvgIpc) is 3.06. The van der Waals surface area contributed by atoms with Crippen LogP contribution in [-0.2, 0) is 0 Å². The second kappa shape index (κ2) is 6.56. The third-order valence-electron chi connectivity index (χ3n) is 5.27. The Morgan fingerprint density at radius 2 is 1.96 bits per heavy atom. The topological polar surface area (TPSA) is 46.1 Å². The lowest BCUT2D eigenvalue weighted by Gasteiger charge is -2.45. The van der Waals surface area contributed by atoms with Crippen molar-refractivity contribution in [1.29, 1.82) is 0 Å². The van der Waals surface area contributed by atoms with E-state index in [4.69, 9.17) is 14.6 Å². The van der Waals surface area contributed by atoms with Crippen LogP contribution in [0.4, 0.5) is 0 Å². The van der Waals surface area contributed by atoms with Crippen molar-refractivity contribution in [1.82, 2.24) is 10.3 Å². The zero-order valence-electron chi connectivity index (χ0n) is 14.2. The van der Waals surface area contributed by atoms with E-state index < -0.39 is 0 Å². The molecule has 3 fully saturated rings. The number of nitrogens with one attached hydrogen (secondary N) is 1. The molecule has 4 heterocycles. The van der Waals surface area contributed by atoms with Gasteiger partial charge < -0.3 is 14.9 Å². The average molecular weight is 394 g/mol. The van der Waals surface area contributed by atoms with E-state index in [-0.39, 0.29) is 6.04 Å². The highest BCUT2D eigenvalue weighted by Crippen LogP contribution is 2.43. The lowest BCUT2D eigenvalue weighted by molar-refractivity contribution is 0.133. The van der Waals surface area contributed by atoms with Gasteiger partial charge in [0.05, 0.1) is 35.5 Å². The van der Waals surface area contributed by atoms with E-state index in [9.17, 15) is 0 Å². The SMILES string of the molecule is CCOc1cc(C2NN=C3C4CCN(CC4)C32)cc(Br)c1OCC. The zero-order valence-corrected chi connectivity index (χ0v) is 15.8.